The van der Waals surface area contributed by atoms with Crippen LogP contribution in [-0.4, -0.2) is 41.1 Å². The van der Waals surface area contributed by atoms with Gasteiger partial charge in [-0.3, -0.25) is 4.79 Å². The second kappa shape index (κ2) is 10.9. The van der Waals surface area contributed by atoms with Crippen molar-refractivity contribution in [1.29, 1.82) is 0 Å². The van der Waals surface area contributed by atoms with Crippen LogP contribution in [0.25, 0.3) is 0 Å². The molecule has 1 N–H and O–H groups in total. The molecule has 10 heteroatoms. The summed E-state index contributed by atoms with van der Waals surface area (Å²) in [6.45, 7) is 1.16. The molecule has 0 fully saturated rings. The van der Waals surface area contributed by atoms with Crippen LogP contribution in [0.2, 0.25) is 0 Å². The first kappa shape index (κ1) is 24.8. The molecule has 0 bridgehead atoms. The summed E-state index contributed by atoms with van der Waals surface area (Å²) in [6, 6.07) is 14.0. The van der Waals surface area contributed by atoms with Crippen molar-refractivity contribution in [3.63, 3.8) is 0 Å². The minimum absolute atomic E-state index is 0.122. The first-order chi connectivity index (χ1) is 16.2. The fourth-order valence-corrected chi connectivity index (χ4v) is 4.65. The van der Waals surface area contributed by atoms with E-state index in [0.717, 1.165) is 0 Å². The molecule has 0 aliphatic heterocycles. The van der Waals surface area contributed by atoms with Gasteiger partial charge in [-0.1, -0.05) is 18.2 Å². The van der Waals surface area contributed by atoms with Gasteiger partial charge in [-0.25, -0.2) is 13.2 Å². The number of esters is 1. The Morgan fingerprint density at radius 2 is 1.76 bits per heavy atom. The predicted molar refractivity (Wildman–Crippen MR) is 122 cm³/mol. The summed E-state index contributed by atoms with van der Waals surface area (Å²) in [5, 5.41) is 2.72. The van der Waals surface area contributed by atoms with Crippen molar-refractivity contribution in [3.05, 3.63) is 77.7 Å². The van der Waals surface area contributed by atoms with Gasteiger partial charge in [0.1, 0.15) is 11.5 Å². The van der Waals surface area contributed by atoms with Crippen LogP contribution in [-0.2, 0) is 25.1 Å². The maximum atomic E-state index is 12.6. The summed E-state index contributed by atoms with van der Waals surface area (Å²) < 4.78 is 46.0. The summed E-state index contributed by atoms with van der Waals surface area (Å²) in [6.07, 6.45) is 1.20. The standard InChI is InChI=1S/C24H25NO8S/c1-16(20-13-18(30-2)9-10-21(20)31-3)25-22(26)14-33-24(27)23-17(11-12-32-23)15-34(28,29)19-7-5-4-6-8-19/h4-13,16H,14-15H2,1-3H3,(H,25,26). The van der Waals surface area contributed by atoms with Crippen LogP contribution in [0.1, 0.15) is 34.6 Å². The predicted octanol–water partition coefficient (Wildman–Crippen LogP) is 3.30. The van der Waals surface area contributed by atoms with Crippen LogP contribution in [0.3, 0.4) is 0 Å². The van der Waals surface area contributed by atoms with Gasteiger partial charge in [-0.05, 0) is 43.3 Å². The fourth-order valence-electron chi connectivity index (χ4n) is 3.28. The Labute approximate surface area is 197 Å². The molecule has 34 heavy (non-hydrogen) atoms. The fraction of sp³-hybridized carbons (Fsp3) is 0.250. The average Bonchev–Trinajstić information content (AvgIpc) is 3.30. The number of amides is 1. The SMILES string of the molecule is COc1ccc(OC)c(C(C)NC(=O)COC(=O)c2occc2CS(=O)(=O)c2ccccc2)c1. The molecular weight excluding hydrogens is 462 g/mol. The van der Waals surface area contributed by atoms with Gasteiger partial charge in [0.05, 0.1) is 37.2 Å². The Hall–Kier alpha value is -3.79. The Morgan fingerprint density at radius 1 is 1.03 bits per heavy atom. The molecule has 0 saturated heterocycles. The minimum atomic E-state index is -3.70. The zero-order valence-corrected chi connectivity index (χ0v) is 19.8. The molecule has 9 nitrogen and oxygen atoms in total. The monoisotopic (exact) mass is 487 g/mol. The lowest BCUT2D eigenvalue weighted by Gasteiger charge is -2.18. The second-order valence-corrected chi connectivity index (χ2v) is 9.31. The molecule has 0 aliphatic carbocycles. The molecular formula is C24H25NO8S. The van der Waals surface area contributed by atoms with Crippen molar-refractivity contribution in [3.8, 4) is 11.5 Å². The lowest BCUT2D eigenvalue weighted by Crippen LogP contribution is -2.31. The number of carbonyl (C=O) groups is 2. The highest BCUT2D eigenvalue weighted by molar-refractivity contribution is 7.90. The van der Waals surface area contributed by atoms with Crippen LogP contribution < -0.4 is 14.8 Å². The number of methoxy groups -OCH3 is 2. The highest BCUT2D eigenvalue weighted by Crippen LogP contribution is 2.29. The maximum absolute atomic E-state index is 12.6. The van der Waals surface area contributed by atoms with Crippen molar-refractivity contribution >= 4 is 21.7 Å². The summed E-state index contributed by atoms with van der Waals surface area (Å²) in [4.78, 5) is 25.0. The number of sulfone groups is 1. The van der Waals surface area contributed by atoms with E-state index < -0.39 is 40.1 Å². The number of carbonyl (C=O) groups excluding carboxylic acids is 2. The molecule has 2 aromatic carbocycles. The third-order valence-electron chi connectivity index (χ3n) is 5.00. The van der Waals surface area contributed by atoms with Crippen molar-refractivity contribution in [2.45, 2.75) is 23.6 Å². The van der Waals surface area contributed by atoms with Crippen LogP contribution in [0.15, 0.2) is 70.2 Å². The Balaban J connectivity index is 1.62. The third-order valence-corrected chi connectivity index (χ3v) is 6.68. The summed E-state index contributed by atoms with van der Waals surface area (Å²) in [5.74, 6) is -1.06. The van der Waals surface area contributed by atoms with E-state index >= 15 is 0 Å². The molecule has 1 atom stereocenters. The Kier molecular flexibility index (Phi) is 7.95. The van der Waals surface area contributed by atoms with Gasteiger partial charge in [-0.15, -0.1) is 0 Å². The molecule has 0 radical (unpaired) electrons. The van der Waals surface area contributed by atoms with E-state index in [-0.39, 0.29) is 16.2 Å². The number of benzene rings is 2. The van der Waals surface area contributed by atoms with Crippen LogP contribution in [0.4, 0.5) is 0 Å². The van der Waals surface area contributed by atoms with Gasteiger partial charge in [0, 0.05) is 11.1 Å². The second-order valence-electron chi connectivity index (χ2n) is 7.32. The van der Waals surface area contributed by atoms with Crippen molar-refractivity contribution in [2.24, 2.45) is 0 Å². The Morgan fingerprint density at radius 3 is 2.44 bits per heavy atom. The van der Waals surface area contributed by atoms with E-state index in [1.54, 1.807) is 43.3 Å². The lowest BCUT2D eigenvalue weighted by atomic mass is 10.1. The van der Waals surface area contributed by atoms with E-state index in [1.807, 2.05) is 0 Å². The molecule has 1 amide bonds. The molecule has 1 unspecified atom stereocenters. The van der Waals surface area contributed by atoms with E-state index in [4.69, 9.17) is 18.6 Å². The van der Waals surface area contributed by atoms with Crippen molar-refractivity contribution in [1.82, 2.24) is 5.32 Å². The van der Waals surface area contributed by atoms with E-state index in [0.29, 0.717) is 17.1 Å². The molecule has 0 saturated carbocycles. The molecule has 1 heterocycles. The quantitative estimate of drug-likeness (QED) is 0.433. The van der Waals surface area contributed by atoms with E-state index in [1.165, 1.54) is 38.7 Å². The molecule has 3 rings (SSSR count). The smallest absolute Gasteiger partial charge is 0.375 e. The Bertz CT molecular complexity index is 1250. The van der Waals surface area contributed by atoms with Crippen LogP contribution in [0.5, 0.6) is 11.5 Å². The van der Waals surface area contributed by atoms with Crippen LogP contribution in [0, 0.1) is 0 Å². The topological polar surface area (TPSA) is 121 Å². The number of furan rings is 1. The van der Waals surface area contributed by atoms with Crippen LogP contribution >= 0.6 is 0 Å². The van der Waals surface area contributed by atoms with Gasteiger partial charge < -0.3 is 23.9 Å². The lowest BCUT2D eigenvalue weighted by molar-refractivity contribution is -0.124. The average molecular weight is 488 g/mol. The van der Waals surface area contributed by atoms with E-state index in [2.05, 4.69) is 5.32 Å². The number of rotatable bonds is 10. The van der Waals surface area contributed by atoms with E-state index in [9.17, 15) is 18.0 Å². The first-order valence-electron chi connectivity index (χ1n) is 10.3. The zero-order chi connectivity index (χ0) is 24.7. The highest BCUT2D eigenvalue weighted by atomic mass is 32.2. The van der Waals surface area contributed by atoms with Gasteiger partial charge in [0.15, 0.2) is 16.4 Å². The van der Waals surface area contributed by atoms with Crippen molar-refractivity contribution in [2.75, 3.05) is 20.8 Å². The summed E-state index contributed by atoms with van der Waals surface area (Å²) in [7, 11) is -0.654. The summed E-state index contributed by atoms with van der Waals surface area (Å²) in [5.41, 5.74) is 0.824. The van der Waals surface area contributed by atoms with Gasteiger partial charge >= 0.3 is 5.97 Å². The molecule has 3 aromatic rings. The summed E-state index contributed by atoms with van der Waals surface area (Å²) >= 11 is 0. The third kappa shape index (κ3) is 5.96. The zero-order valence-electron chi connectivity index (χ0n) is 18.9. The maximum Gasteiger partial charge on any atom is 0.375 e. The first-order valence-corrected chi connectivity index (χ1v) is 11.9. The molecule has 0 aliphatic rings. The molecule has 1 aromatic heterocycles. The molecule has 0 spiro atoms. The molecule has 180 valence electrons. The minimum Gasteiger partial charge on any atom is -0.497 e. The number of hydrogen-bond donors (Lipinski definition) is 1. The highest BCUT2D eigenvalue weighted by Gasteiger charge is 2.24. The number of ether oxygens (including phenoxy) is 3. The largest absolute Gasteiger partial charge is 0.497 e. The van der Waals surface area contributed by atoms with Gasteiger partial charge in [-0.2, -0.15) is 0 Å². The van der Waals surface area contributed by atoms with Gasteiger partial charge in [0.25, 0.3) is 5.91 Å². The van der Waals surface area contributed by atoms with Gasteiger partial charge in [0.2, 0.25) is 5.76 Å². The van der Waals surface area contributed by atoms with Crippen molar-refractivity contribution < 1.29 is 36.6 Å². The number of hydrogen-bond acceptors (Lipinski definition) is 8. The normalized spacial score (nSPS) is 12.0. The number of nitrogens with one attached hydrogen (secondary N) is 1.